The summed E-state index contributed by atoms with van der Waals surface area (Å²) in [5, 5.41) is 0. The molecule has 0 fully saturated rings. The Morgan fingerprint density at radius 1 is 0.833 bits per heavy atom. The average Bonchev–Trinajstić information content (AvgIpc) is 3.03. The predicted molar refractivity (Wildman–Crippen MR) is 78.9 cm³/mol. The van der Waals surface area contributed by atoms with Crippen molar-refractivity contribution < 1.29 is 0 Å². The van der Waals surface area contributed by atoms with E-state index < -0.39 is 0 Å². The molecule has 0 unspecified atom stereocenters. The third kappa shape index (κ3) is 2.79. The van der Waals surface area contributed by atoms with E-state index in [2.05, 4.69) is 61.6 Å². The number of hydrogen-bond donors (Lipinski definition) is 0. The Morgan fingerprint density at radius 3 is 1.83 bits per heavy atom. The molecule has 1 heterocycles. The maximum atomic E-state index is 2.36. The summed E-state index contributed by atoms with van der Waals surface area (Å²) in [6, 6.07) is 6.67. The molecule has 0 bridgehead atoms. The van der Waals surface area contributed by atoms with Gasteiger partial charge in [0.15, 0.2) is 0 Å². The van der Waals surface area contributed by atoms with E-state index in [0.717, 1.165) is 25.7 Å². The number of allylic oxidation sites excluding steroid dienone is 8. The van der Waals surface area contributed by atoms with Crippen molar-refractivity contribution in [2.45, 2.75) is 25.7 Å². The molecular weight excluding hydrogens is 215 g/mol. The van der Waals surface area contributed by atoms with Gasteiger partial charge in [0.1, 0.15) is 0 Å². The molecule has 0 aliphatic heterocycles. The van der Waals surface area contributed by atoms with Gasteiger partial charge in [-0.3, -0.25) is 0 Å². The Kier molecular flexibility index (Phi) is 3.41. The van der Waals surface area contributed by atoms with Crippen molar-refractivity contribution in [3.63, 3.8) is 0 Å². The first-order valence-electron chi connectivity index (χ1n) is 6.67. The van der Waals surface area contributed by atoms with Crippen LogP contribution in [0.15, 0.2) is 65.8 Å². The van der Waals surface area contributed by atoms with Crippen molar-refractivity contribution in [1.29, 1.82) is 0 Å². The van der Waals surface area contributed by atoms with E-state index in [-0.39, 0.29) is 0 Å². The molecule has 0 saturated carbocycles. The molecular formula is C17H17B. The molecule has 0 aromatic carbocycles. The molecule has 1 aromatic rings. The molecule has 1 heteroatoms. The van der Waals surface area contributed by atoms with Gasteiger partial charge in [0.25, 0.3) is 0 Å². The fraction of sp³-hybridized carbons (Fsp3) is 0.235. The molecule has 0 nitrogen and oxygen atoms in total. The molecule has 0 amide bonds. The minimum absolute atomic E-state index is 1.10. The zero-order valence-electron chi connectivity index (χ0n) is 10.6. The van der Waals surface area contributed by atoms with Gasteiger partial charge in [-0.2, -0.15) is 0 Å². The molecule has 0 spiro atoms. The first-order valence-corrected chi connectivity index (χ1v) is 6.67. The van der Waals surface area contributed by atoms with Gasteiger partial charge < -0.3 is 0 Å². The van der Waals surface area contributed by atoms with Crippen LogP contribution in [0.5, 0.6) is 0 Å². The molecule has 0 radical (unpaired) electrons. The van der Waals surface area contributed by atoms with Crippen molar-refractivity contribution in [1.82, 2.24) is 0 Å². The van der Waals surface area contributed by atoms with Crippen LogP contribution in [0.2, 0.25) is 0 Å². The van der Waals surface area contributed by atoms with E-state index in [1.54, 1.807) is 0 Å². The van der Waals surface area contributed by atoms with Crippen molar-refractivity contribution in [2.75, 3.05) is 0 Å². The average molecular weight is 232 g/mol. The van der Waals surface area contributed by atoms with E-state index in [1.165, 1.54) is 22.1 Å². The quantitative estimate of drug-likeness (QED) is 0.738. The summed E-state index contributed by atoms with van der Waals surface area (Å²) in [4.78, 5) is 0. The summed E-state index contributed by atoms with van der Waals surface area (Å²) >= 11 is 0. The third-order valence-corrected chi connectivity index (χ3v) is 3.55. The van der Waals surface area contributed by atoms with Crippen LogP contribution in [0.1, 0.15) is 23.8 Å². The Bertz CT molecular complexity index is 511. The Balaban J connectivity index is 1.68. The van der Waals surface area contributed by atoms with Crippen molar-refractivity contribution in [3.05, 3.63) is 76.7 Å². The van der Waals surface area contributed by atoms with Crippen LogP contribution >= 0.6 is 0 Å². The SMILES string of the molecule is b1c(CC2=CC=CC2)cccc1CC1=CC=CC1. The van der Waals surface area contributed by atoms with Gasteiger partial charge in [-0.15, -0.1) is 0 Å². The fourth-order valence-electron chi connectivity index (χ4n) is 2.62. The van der Waals surface area contributed by atoms with Crippen LogP contribution in [-0.2, 0) is 12.8 Å². The second kappa shape index (κ2) is 5.35. The van der Waals surface area contributed by atoms with E-state index in [9.17, 15) is 0 Å². The van der Waals surface area contributed by atoms with Crippen LogP contribution in [0.3, 0.4) is 0 Å². The standard InChI is InChI=1S/C17H17B/c1-2-7-14(6-1)12-16-10-5-11-17(18-16)13-15-8-3-4-9-15/h1-6,8,10-11H,7,9,12-13H2. The second-order valence-corrected chi connectivity index (χ2v) is 5.09. The zero-order chi connectivity index (χ0) is 12.2. The van der Waals surface area contributed by atoms with Crippen molar-refractivity contribution in [3.8, 4) is 0 Å². The number of rotatable bonds is 4. The normalized spacial score (nSPS) is 16.9. The molecule has 2 aliphatic carbocycles. The topological polar surface area (TPSA) is 0 Å². The Hall–Kier alpha value is -1.63. The molecule has 88 valence electrons. The van der Waals surface area contributed by atoms with Gasteiger partial charge in [-0.1, -0.05) is 0 Å². The van der Waals surface area contributed by atoms with E-state index in [0.29, 0.717) is 0 Å². The van der Waals surface area contributed by atoms with Gasteiger partial charge in [0.2, 0.25) is 0 Å². The van der Waals surface area contributed by atoms with Gasteiger partial charge in [0, 0.05) is 0 Å². The first kappa shape index (κ1) is 11.5. The van der Waals surface area contributed by atoms with Crippen LogP contribution < -0.4 is 0 Å². The van der Waals surface area contributed by atoms with Crippen LogP contribution in [0.25, 0.3) is 0 Å². The van der Waals surface area contributed by atoms with Crippen LogP contribution in [0.4, 0.5) is 0 Å². The molecule has 0 N–H and O–H groups in total. The molecule has 0 atom stereocenters. The van der Waals surface area contributed by atoms with E-state index in [1.807, 2.05) is 0 Å². The van der Waals surface area contributed by atoms with Gasteiger partial charge in [-0.05, 0) is 0 Å². The molecule has 3 rings (SSSR count). The molecule has 1 aromatic heterocycles. The van der Waals surface area contributed by atoms with Gasteiger partial charge >= 0.3 is 109 Å². The second-order valence-electron chi connectivity index (χ2n) is 5.09. The monoisotopic (exact) mass is 232 g/mol. The van der Waals surface area contributed by atoms with Crippen LogP contribution in [0, 0.1) is 0 Å². The third-order valence-electron chi connectivity index (χ3n) is 3.55. The van der Waals surface area contributed by atoms with Crippen molar-refractivity contribution >= 4 is 6.91 Å². The maximum absolute atomic E-state index is 2.36. The summed E-state index contributed by atoms with van der Waals surface area (Å²) in [7, 11) is 0. The van der Waals surface area contributed by atoms with Crippen molar-refractivity contribution in [2.24, 2.45) is 0 Å². The summed E-state index contributed by atoms with van der Waals surface area (Å²) in [5.74, 6) is 0. The molecule has 18 heavy (non-hydrogen) atoms. The Labute approximate surface area is 110 Å². The summed E-state index contributed by atoms with van der Waals surface area (Å²) in [6.07, 6.45) is 17.7. The zero-order valence-corrected chi connectivity index (χ0v) is 10.6. The predicted octanol–water partition coefficient (Wildman–Crippen LogP) is 3.88. The molecule has 2 aliphatic rings. The van der Waals surface area contributed by atoms with E-state index in [4.69, 9.17) is 0 Å². The number of hydrogen-bond acceptors (Lipinski definition) is 0. The first-order chi connectivity index (χ1) is 8.90. The fourth-order valence-corrected chi connectivity index (χ4v) is 2.62. The summed E-state index contributed by atoms with van der Waals surface area (Å²) in [5.41, 5.74) is 5.92. The summed E-state index contributed by atoms with van der Waals surface area (Å²) < 4.78 is 0. The van der Waals surface area contributed by atoms with Gasteiger partial charge in [0.05, 0.1) is 0 Å². The van der Waals surface area contributed by atoms with E-state index >= 15 is 0 Å². The van der Waals surface area contributed by atoms with Gasteiger partial charge in [-0.25, -0.2) is 0 Å². The minimum atomic E-state index is 1.10. The summed E-state index contributed by atoms with van der Waals surface area (Å²) in [6.45, 7) is 2.36. The Morgan fingerprint density at radius 2 is 1.39 bits per heavy atom. The molecule has 0 saturated heterocycles. The van der Waals surface area contributed by atoms with Crippen LogP contribution in [-0.4, -0.2) is 6.91 Å².